The number of hydrogen-bond acceptors (Lipinski definition) is 6. The standard InChI is InChI=1S/C20H20ClNO5/c1-12-5-7-17(13(2)9-12)27-18-8-6-14(10-15(18)21)22-16(20(24)26-4)11-19(23)25-3/h5-11,22H,1-4H3/b16-11+. The number of carbonyl (C=O) groups is 2. The molecule has 0 saturated carbocycles. The van der Waals surface area contributed by atoms with Gasteiger partial charge in [0.2, 0.25) is 0 Å². The number of hydrogen-bond donors (Lipinski definition) is 1. The van der Waals surface area contributed by atoms with Gasteiger partial charge in [-0.1, -0.05) is 29.3 Å². The second-order valence-electron chi connectivity index (χ2n) is 5.71. The number of carbonyl (C=O) groups excluding carboxylic acids is 2. The van der Waals surface area contributed by atoms with Crippen LogP contribution >= 0.6 is 11.6 Å². The highest BCUT2D eigenvalue weighted by atomic mass is 35.5. The van der Waals surface area contributed by atoms with Crippen LogP contribution in [-0.2, 0) is 19.1 Å². The SMILES string of the molecule is COC(=O)/C=C(/Nc1ccc(Oc2ccc(C)cc2C)c(Cl)c1)C(=O)OC. The summed E-state index contributed by atoms with van der Waals surface area (Å²) in [4.78, 5) is 23.2. The third-order valence-electron chi connectivity index (χ3n) is 3.63. The molecule has 0 aliphatic carbocycles. The van der Waals surface area contributed by atoms with Crippen LogP contribution in [0.15, 0.2) is 48.2 Å². The van der Waals surface area contributed by atoms with E-state index in [0.717, 1.165) is 17.2 Å². The van der Waals surface area contributed by atoms with E-state index in [1.807, 2.05) is 32.0 Å². The topological polar surface area (TPSA) is 73.9 Å². The zero-order chi connectivity index (χ0) is 20.0. The molecule has 142 valence electrons. The summed E-state index contributed by atoms with van der Waals surface area (Å²) >= 11 is 6.30. The Morgan fingerprint density at radius 1 is 1.00 bits per heavy atom. The smallest absolute Gasteiger partial charge is 0.354 e. The number of anilines is 1. The molecule has 0 radical (unpaired) electrons. The largest absolute Gasteiger partial charge is 0.466 e. The highest BCUT2D eigenvalue weighted by Crippen LogP contribution is 2.33. The molecule has 27 heavy (non-hydrogen) atoms. The number of rotatable bonds is 6. The maximum atomic E-state index is 11.8. The van der Waals surface area contributed by atoms with E-state index in [9.17, 15) is 9.59 Å². The van der Waals surface area contributed by atoms with E-state index in [0.29, 0.717) is 22.2 Å². The second-order valence-corrected chi connectivity index (χ2v) is 6.12. The Balaban J connectivity index is 2.23. The van der Waals surface area contributed by atoms with E-state index in [-0.39, 0.29) is 5.70 Å². The molecule has 0 amide bonds. The molecule has 0 saturated heterocycles. The molecule has 6 nitrogen and oxygen atoms in total. The molecule has 0 spiro atoms. The van der Waals surface area contributed by atoms with E-state index in [4.69, 9.17) is 16.3 Å². The molecular formula is C20H20ClNO5. The lowest BCUT2D eigenvalue weighted by molar-refractivity contribution is -0.138. The maximum Gasteiger partial charge on any atom is 0.354 e. The fraction of sp³-hybridized carbons (Fsp3) is 0.200. The van der Waals surface area contributed by atoms with Gasteiger partial charge in [-0.15, -0.1) is 0 Å². The number of esters is 2. The van der Waals surface area contributed by atoms with Gasteiger partial charge >= 0.3 is 11.9 Å². The maximum absolute atomic E-state index is 11.8. The molecule has 0 fully saturated rings. The van der Waals surface area contributed by atoms with E-state index >= 15 is 0 Å². The normalized spacial score (nSPS) is 10.9. The van der Waals surface area contributed by atoms with Crippen LogP contribution < -0.4 is 10.1 Å². The van der Waals surface area contributed by atoms with E-state index < -0.39 is 11.9 Å². The Hall–Kier alpha value is -2.99. The first-order chi connectivity index (χ1) is 12.8. The number of halogens is 1. The monoisotopic (exact) mass is 389 g/mol. The molecule has 0 bridgehead atoms. The molecule has 0 atom stereocenters. The lowest BCUT2D eigenvalue weighted by atomic mass is 10.1. The van der Waals surface area contributed by atoms with Crippen LogP contribution in [0.1, 0.15) is 11.1 Å². The zero-order valence-corrected chi connectivity index (χ0v) is 16.2. The average Bonchev–Trinajstić information content (AvgIpc) is 2.64. The third kappa shape index (κ3) is 5.49. The summed E-state index contributed by atoms with van der Waals surface area (Å²) in [5.74, 6) is -0.245. The van der Waals surface area contributed by atoms with Crippen molar-refractivity contribution in [1.29, 1.82) is 0 Å². The van der Waals surface area contributed by atoms with Gasteiger partial charge in [-0.2, -0.15) is 0 Å². The summed E-state index contributed by atoms with van der Waals surface area (Å²) < 4.78 is 15.0. The molecule has 7 heteroatoms. The predicted octanol–water partition coefficient (Wildman–Crippen LogP) is 4.39. The highest BCUT2D eigenvalue weighted by Gasteiger charge is 2.14. The molecule has 0 aliphatic rings. The summed E-state index contributed by atoms with van der Waals surface area (Å²) in [5, 5.41) is 3.13. The molecule has 1 N–H and O–H groups in total. The van der Waals surface area contributed by atoms with Gasteiger partial charge in [0.15, 0.2) is 0 Å². The van der Waals surface area contributed by atoms with Crippen molar-refractivity contribution in [3.63, 3.8) is 0 Å². The minimum Gasteiger partial charge on any atom is -0.466 e. The van der Waals surface area contributed by atoms with Gasteiger partial charge in [0.1, 0.15) is 17.2 Å². The van der Waals surface area contributed by atoms with Crippen molar-refractivity contribution in [3.8, 4) is 11.5 Å². The molecule has 0 unspecified atom stereocenters. The molecule has 2 aromatic carbocycles. The third-order valence-corrected chi connectivity index (χ3v) is 3.93. The Bertz CT molecular complexity index is 892. The summed E-state index contributed by atoms with van der Waals surface area (Å²) in [5.41, 5.74) is 2.53. The summed E-state index contributed by atoms with van der Waals surface area (Å²) in [6.45, 7) is 3.96. The van der Waals surface area contributed by atoms with Crippen molar-refractivity contribution >= 4 is 29.2 Å². The quantitative estimate of drug-likeness (QED) is 0.583. The highest BCUT2D eigenvalue weighted by molar-refractivity contribution is 6.32. The fourth-order valence-corrected chi connectivity index (χ4v) is 2.50. The van der Waals surface area contributed by atoms with Crippen LogP contribution in [0.4, 0.5) is 5.69 Å². The molecule has 2 rings (SSSR count). The average molecular weight is 390 g/mol. The Morgan fingerprint density at radius 3 is 2.30 bits per heavy atom. The van der Waals surface area contributed by atoms with Gasteiger partial charge in [0, 0.05) is 5.69 Å². The molecule has 2 aromatic rings. The van der Waals surface area contributed by atoms with E-state index in [1.165, 1.54) is 14.2 Å². The van der Waals surface area contributed by atoms with Crippen LogP contribution in [0.5, 0.6) is 11.5 Å². The number of aryl methyl sites for hydroxylation is 2. The first-order valence-electron chi connectivity index (χ1n) is 8.03. The van der Waals surface area contributed by atoms with Crippen molar-refractivity contribution in [2.75, 3.05) is 19.5 Å². The first-order valence-corrected chi connectivity index (χ1v) is 8.41. The van der Waals surface area contributed by atoms with Gasteiger partial charge in [-0.05, 0) is 43.7 Å². The van der Waals surface area contributed by atoms with E-state index in [1.54, 1.807) is 18.2 Å². The summed E-state index contributed by atoms with van der Waals surface area (Å²) in [6, 6.07) is 10.7. The number of benzene rings is 2. The van der Waals surface area contributed by atoms with Gasteiger partial charge < -0.3 is 19.5 Å². The van der Waals surface area contributed by atoms with E-state index in [2.05, 4.69) is 14.8 Å². The number of ether oxygens (including phenoxy) is 3. The van der Waals surface area contributed by atoms with Gasteiger partial charge in [0.05, 0.1) is 25.3 Å². The minimum absolute atomic E-state index is 0.0801. The van der Waals surface area contributed by atoms with Crippen LogP contribution in [-0.4, -0.2) is 26.2 Å². The van der Waals surface area contributed by atoms with Gasteiger partial charge in [-0.25, -0.2) is 9.59 Å². The van der Waals surface area contributed by atoms with Gasteiger partial charge in [-0.3, -0.25) is 0 Å². The predicted molar refractivity (Wildman–Crippen MR) is 103 cm³/mol. The molecule has 0 aromatic heterocycles. The minimum atomic E-state index is -0.716. The lowest BCUT2D eigenvalue weighted by Crippen LogP contribution is -2.15. The fourth-order valence-electron chi connectivity index (χ4n) is 2.28. The summed E-state index contributed by atoms with van der Waals surface area (Å²) in [6.07, 6.45) is 1.000. The van der Waals surface area contributed by atoms with Crippen molar-refractivity contribution in [2.24, 2.45) is 0 Å². The molecular weight excluding hydrogens is 370 g/mol. The zero-order valence-electron chi connectivity index (χ0n) is 15.5. The number of nitrogens with one attached hydrogen (secondary N) is 1. The van der Waals surface area contributed by atoms with Crippen molar-refractivity contribution in [2.45, 2.75) is 13.8 Å². The first kappa shape index (κ1) is 20.3. The Kier molecular flexibility index (Phi) is 6.85. The van der Waals surface area contributed by atoms with Crippen LogP contribution in [0, 0.1) is 13.8 Å². The van der Waals surface area contributed by atoms with Crippen LogP contribution in [0.2, 0.25) is 5.02 Å². The second kappa shape index (κ2) is 9.09. The van der Waals surface area contributed by atoms with Crippen LogP contribution in [0.3, 0.4) is 0 Å². The lowest BCUT2D eigenvalue weighted by Gasteiger charge is -2.13. The Morgan fingerprint density at radius 2 is 1.70 bits per heavy atom. The van der Waals surface area contributed by atoms with Crippen LogP contribution in [0.25, 0.3) is 0 Å². The Labute approximate surface area is 162 Å². The van der Waals surface area contributed by atoms with Gasteiger partial charge in [0.25, 0.3) is 0 Å². The summed E-state index contributed by atoms with van der Waals surface area (Å²) in [7, 11) is 2.42. The number of methoxy groups -OCH3 is 2. The van der Waals surface area contributed by atoms with Crippen molar-refractivity contribution in [3.05, 3.63) is 64.3 Å². The van der Waals surface area contributed by atoms with Crippen molar-refractivity contribution in [1.82, 2.24) is 0 Å². The van der Waals surface area contributed by atoms with Crippen molar-refractivity contribution < 1.29 is 23.8 Å². The molecule has 0 aliphatic heterocycles. The molecule has 0 heterocycles.